The van der Waals surface area contributed by atoms with Gasteiger partial charge in [0.25, 0.3) is 0 Å². The summed E-state index contributed by atoms with van der Waals surface area (Å²) in [4.78, 5) is 9.25. The van der Waals surface area contributed by atoms with Crippen molar-refractivity contribution < 1.29 is 89.8 Å². The molecule has 12 N–H and O–H groups in total. The number of carbonyl (C=O) groups is 1. The molecule has 0 aromatic heterocycles. The summed E-state index contributed by atoms with van der Waals surface area (Å²) in [5.74, 6) is -0.981. The lowest BCUT2D eigenvalue weighted by atomic mass is 9.96. The van der Waals surface area contributed by atoms with E-state index in [1.54, 1.807) is 0 Å². The van der Waals surface area contributed by atoms with Crippen LogP contribution in [0.4, 0.5) is 0 Å². The molecule has 0 aromatic rings. The molecule has 18 nitrogen and oxygen atoms in total. The number of aliphatic hydroxyl groups excluding tert-OH is 11. The second-order valence-electron chi connectivity index (χ2n) is 8.88. The van der Waals surface area contributed by atoms with Gasteiger partial charge in [-0.2, -0.15) is 0 Å². The fourth-order valence-electron chi connectivity index (χ4n) is 4.06. The quantitative estimate of drug-likeness (QED) is 0.119. The molecule has 0 saturated carbocycles. The Morgan fingerprint density at radius 3 is 1.44 bits per heavy atom. The highest BCUT2D eigenvalue weighted by molar-refractivity contribution is 5.78. The minimum atomic E-state index is -1.91. The normalized spacial score (nSPS) is 46.6. The Hall–Kier alpha value is -1.43. The van der Waals surface area contributed by atoms with E-state index in [4.69, 9.17) is 28.8 Å². The molecule has 0 spiro atoms. The highest BCUT2D eigenvalue weighted by Gasteiger charge is 2.53. The van der Waals surface area contributed by atoms with E-state index in [2.05, 4.69) is 6.58 Å². The van der Waals surface area contributed by atoms with Gasteiger partial charge in [-0.3, -0.25) is 0 Å². The first-order valence-electron chi connectivity index (χ1n) is 11.7. The third kappa shape index (κ3) is 7.86. The Labute approximate surface area is 221 Å². The van der Waals surface area contributed by atoms with Gasteiger partial charge in [0, 0.05) is 6.08 Å². The second-order valence-corrected chi connectivity index (χ2v) is 8.88. The van der Waals surface area contributed by atoms with E-state index in [0.29, 0.717) is 0 Å². The second kappa shape index (κ2) is 15.0. The summed E-state index contributed by atoms with van der Waals surface area (Å²) >= 11 is 0. The number of carboxylic acid groups (broad SMARTS) is 1. The summed E-state index contributed by atoms with van der Waals surface area (Å²) in [5, 5.41) is 117. The number of carboxylic acids is 1. The van der Waals surface area contributed by atoms with E-state index < -0.39 is 118 Å². The molecule has 3 fully saturated rings. The minimum absolute atomic E-state index is 0.741. The third-order valence-electron chi connectivity index (χ3n) is 6.27. The lowest BCUT2D eigenvalue weighted by molar-refractivity contribution is -0.377. The number of aliphatic carboxylic acids is 1. The van der Waals surface area contributed by atoms with Crippen molar-refractivity contribution in [3.05, 3.63) is 12.7 Å². The third-order valence-corrected chi connectivity index (χ3v) is 6.27. The standard InChI is InChI=1S/C18H32O16.C3H4O2/c19-1-4-7(22)8(23)12(27)17(31-4)34-15-6(3-21)32-18(13(28)10(15)25)33-14-5(2-20)30-16(29)11(26)9(14)24;1-2-3(4)5/h4-29H,1-3H2;2H,1H2,(H,4,5)/t4-,5-,6-,7-,8+,9-,10-,11-,12-,13-,14-,15-,16?,17+,18+;/m1./s1. The van der Waals surface area contributed by atoms with Gasteiger partial charge in [-0.25, -0.2) is 4.79 Å². The predicted octanol–water partition coefficient (Wildman–Crippen LogP) is -7.32. The van der Waals surface area contributed by atoms with E-state index in [9.17, 15) is 61.0 Å². The van der Waals surface area contributed by atoms with E-state index in [0.717, 1.165) is 6.08 Å². The van der Waals surface area contributed by atoms with E-state index in [1.807, 2.05) is 0 Å². The average Bonchev–Trinajstić information content (AvgIpc) is 2.92. The maximum atomic E-state index is 10.6. The van der Waals surface area contributed by atoms with Crippen LogP contribution in [0.25, 0.3) is 0 Å². The lowest BCUT2D eigenvalue weighted by Gasteiger charge is -2.47. The van der Waals surface area contributed by atoms with E-state index in [-0.39, 0.29) is 0 Å². The molecule has 3 aliphatic heterocycles. The first kappa shape index (κ1) is 33.8. The maximum absolute atomic E-state index is 10.6. The monoisotopic (exact) mass is 576 g/mol. The Balaban J connectivity index is 0.000000976. The van der Waals surface area contributed by atoms with Crippen molar-refractivity contribution in [2.24, 2.45) is 0 Å². The van der Waals surface area contributed by atoms with Crippen molar-refractivity contribution in [2.75, 3.05) is 19.8 Å². The molecule has 0 aromatic carbocycles. The highest BCUT2D eigenvalue weighted by Crippen LogP contribution is 2.32. The van der Waals surface area contributed by atoms with Gasteiger partial charge in [-0.15, -0.1) is 0 Å². The molecule has 18 heteroatoms. The van der Waals surface area contributed by atoms with Crippen LogP contribution in [-0.2, 0) is 28.5 Å². The molecule has 3 saturated heterocycles. The molecule has 15 atom stereocenters. The van der Waals surface area contributed by atoms with Crippen LogP contribution in [0.2, 0.25) is 0 Å². The van der Waals surface area contributed by atoms with Gasteiger partial charge in [-0.1, -0.05) is 6.58 Å². The van der Waals surface area contributed by atoms with Crippen molar-refractivity contribution in [1.82, 2.24) is 0 Å². The number of ether oxygens (including phenoxy) is 5. The summed E-state index contributed by atoms with van der Waals surface area (Å²) in [6.07, 6.45) is -24.3. The van der Waals surface area contributed by atoms with Crippen molar-refractivity contribution in [3.63, 3.8) is 0 Å². The average molecular weight is 577 g/mol. The molecule has 0 bridgehead atoms. The molecule has 3 heterocycles. The summed E-state index contributed by atoms with van der Waals surface area (Å²) in [6, 6.07) is 0. The zero-order chi connectivity index (χ0) is 29.6. The van der Waals surface area contributed by atoms with Gasteiger partial charge < -0.3 is 85.0 Å². The molecule has 39 heavy (non-hydrogen) atoms. The van der Waals surface area contributed by atoms with Crippen molar-refractivity contribution in [2.45, 2.75) is 92.1 Å². The fraction of sp³-hybridized carbons (Fsp3) is 0.857. The summed E-state index contributed by atoms with van der Waals surface area (Å²) < 4.78 is 26.4. The van der Waals surface area contributed by atoms with Gasteiger partial charge in [0.05, 0.1) is 19.8 Å². The van der Waals surface area contributed by atoms with Crippen LogP contribution in [0.1, 0.15) is 0 Å². The molecular weight excluding hydrogens is 540 g/mol. The van der Waals surface area contributed by atoms with Crippen LogP contribution in [0.5, 0.6) is 0 Å². The van der Waals surface area contributed by atoms with Crippen molar-refractivity contribution >= 4 is 5.97 Å². The first-order valence-corrected chi connectivity index (χ1v) is 11.7. The van der Waals surface area contributed by atoms with Gasteiger partial charge in [0.15, 0.2) is 18.9 Å². The van der Waals surface area contributed by atoms with Crippen molar-refractivity contribution in [1.29, 1.82) is 0 Å². The minimum Gasteiger partial charge on any atom is -0.478 e. The van der Waals surface area contributed by atoms with Crippen molar-refractivity contribution in [3.8, 4) is 0 Å². The van der Waals surface area contributed by atoms with E-state index >= 15 is 0 Å². The molecule has 228 valence electrons. The van der Waals surface area contributed by atoms with Gasteiger partial charge in [0.2, 0.25) is 0 Å². The van der Waals surface area contributed by atoms with Gasteiger partial charge in [0.1, 0.15) is 73.2 Å². The smallest absolute Gasteiger partial charge is 0.327 e. The lowest BCUT2D eigenvalue weighted by Crippen LogP contribution is -2.66. The molecule has 3 aliphatic rings. The molecule has 0 amide bonds. The van der Waals surface area contributed by atoms with Crippen LogP contribution in [0, 0.1) is 0 Å². The summed E-state index contributed by atoms with van der Waals surface area (Å²) in [6.45, 7) is 0.639. The van der Waals surface area contributed by atoms with Crippen LogP contribution in [-0.4, -0.2) is 179 Å². The Morgan fingerprint density at radius 1 is 0.615 bits per heavy atom. The number of aliphatic hydroxyl groups is 11. The Kier molecular flexibility index (Phi) is 13.0. The molecule has 1 unspecified atom stereocenters. The molecule has 0 aliphatic carbocycles. The van der Waals surface area contributed by atoms with Gasteiger partial charge >= 0.3 is 5.97 Å². The maximum Gasteiger partial charge on any atom is 0.327 e. The Morgan fingerprint density at radius 2 is 1.00 bits per heavy atom. The summed E-state index contributed by atoms with van der Waals surface area (Å²) in [7, 11) is 0. The summed E-state index contributed by atoms with van der Waals surface area (Å²) in [5.41, 5.74) is 0. The first-order chi connectivity index (χ1) is 18.3. The fourth-order valence-corrected chi connectivity index (χ4v) is 4.06. The van der Waals surface area contributed by atoms with Crippen LogP contribution in [0.3, 0.4) is 0 Å². The van der Waals surface area contributed by atoms with Gasteiger partial charge in [-0.05, 0) is 0 Å². The highest BCUT2D eigenvalue weighted by atomic mass is 16.8. The molecule has 0 radical (unpaired) electrons. The zero-order valence-corrected chi connectivity index (χ0v) is 20.4. The molecule has 3 rings (SSSR count). The SMILES string of the molecule is C=CC(=O)O.OC[C@H]1O[C@@H](O[C@H]2[C@H](O)[C@@H](O)[C@H](O[C@H]3[C@H](O)[C@@H](O)C(O)O[C@@H]3CO)O[C@@H]2CO)[C@H](O)[C@@H](O)[C@@H]1O. The number of hydrogen-bond donors (Lipinski definition) is 12. The van der Waals surface area contributed by atoms with Crippen LogP contribution < -0.4 is 0 Å². The Bertz CT molecular complexity index is 765. The number of rotatable bonds is 8. The molecular formula is C21H36O18. The largest absolute Gasteiger partial charge is 0.478 e. The van der Waals surface area contributed by atoms with E-state index in [1.165, 1.54) is 0 Å². The van der Waals surface area contributed by atoms with Crippen LogP contribution in [0.15, 0.2) is 12.7 Å². The topological polar surface area (TPSA) is 306 Å². The van der Waals surface area contributed by atoms with Crippen LogP contribution >= 0.6 is 0 Å². The number of hydrogen-bond acceptors (Lipinski definition) is 17. The zero-order valence-electron chi connectivity index (χ0n) is 20.4. The predicted molar refractivity (Wildman–Crippen MR) is 119 cm³/mol.